The fourth-order valence-electron chi connectivity index (χ4n) is 6.10. The van der Waals surface area contributed by atoms with Gasteiger partial charge in [-0.1, -0.05) is 62.0 Å². The highest BCUT2D eigenvalue weighted by atomic mass is 32.2. The van der Waals surface area contributed by atoms with Crippen molar-refractivity contribution in [1.82, 2.24) is 31.9 Å². The summed E-state index contributed by atoms with van der Waals surface area (Å²) in [4.78, 5) is 96.0. The van der Waals surface area contributed by atoms with Crippen molar-refractivity contribution >= 4 is 58.3 Å². The van der Waals surface area contributed by atoms with Gasteiger partial charge in [0.1, 0.15) is 53.6 Å². The number of amides is 6. The van der Waals surface area contributed by atoms with Gasteiger partial charge in [-0.2, -0.15) is 0 Å². The van der Waals surface area contributed by atoms with Crippen molar-refractivity contribution in [2.75, 3.05) is 38.6 Å². The van der Waals surface area contributed by atoms with Crippen LogP contribution in [0.15, 0.2) is 72.8 Å². The molecule has 19 N–H and O–H groups in total. The van der Waals surface area contributed by atoms with Gasteiger partial charge < -0.3 is 68.3 Å². The van der Waals surface area contributed by atoms with Crippen LogP contribution in [0, 0.1) is 5.41 Å². The molecule has 3 aromatic carbocycles. The molecule has 0 aliphatic rings. The normalized spacial score (nSPS) is 13.8. The zero-order chi connectivity index (χ0) is 50.6. The fourth-order valence-corrected chi connectivity index (χ4v) is 6.87. The highest BCUT2D eigenvalue weighted by Gasteiger charge is 2.34. The predicted molar refractivity (Wildman–Crippen MR) is 247 cm³/mol. The summed E-state index contributed by atoms with van der Waals surface area (Å²) in [5.41, 5.74) is 16.7. The molecule has 3 aromatic rings. The van der Waals surface area contributed by atoms with Crippen molar-refractivity contribution in [2.45, 2.75) is 69.4 Å². The summed E-state index contributed by atoms with van der Waals surface area (Å²) in [6.07, 6.45) is -1.48. The van der Waals surface area contributed by atoms with Crippen LogP contribution < -0.4 is 54.1 Å². The number of rotatable bonds is 26. The molecule has 0 saturated heterocycles. The number of nitrogens with one attached hydrogen (secondary N) is 7. The molecule has 0 unspecified atom stereocenters. The first-order valence-corrected chi connectivity index (χ1v) is 22.2. The minimum absolute atomic E-state index is 0.0131. The Labute approximate surface area is 395 Å². The number of thioether (sulfide) groups is 1. The van der Waals surface area contributed by atoms with E-state index in [0.717, 1.165) is 11.8 Å². The highest BCUT2D eigenvalue weighted by Crippen LogP contribution is 2.24. The number of aliphatic hydroxyl groups excluding tert-OH is 3. The van der Waals surface area contributed by atoms with Crippen LogP contribution in [-0.2, 0) is 33.6 Å². The van der Waals surface area contributed by atoms with Gasteiger partial charge in [-0.25, -0.2) is 0 Å². The third-order valence-corrected chi connectivity index (χ3v) is 11.2. The van der Waals surface area contributed by atoms with Gasteiger partial charge in [0.05, 0.1) is 19.8 Å². The summed E-state index contributed by atoms with van der Waals surface area (Å²) < 4.78 is 0. The van der Waals surface area contributed by atoms with Gasteiger partial charge in [0.2, 0.25) is 40.6 Å². The van der Waals surface area contributed by atoms with Crippen LogP contribution in [0.2, 0.25) is 0 Å². The smallest absolute Gasteiger partial charge is 0.338 e. The lowest BCUT2D eigenvalue weighted by molar-refractivity contribution is -0.459. The predicted octanol–water partition coefficient (Wildman–Crippen LogP) is -4.12. The Hall–Kier alpha value is -6.99. The van der Waals surface area contributed by atoms with Gasteiger partial charge >= 0.3 is 5.96 Å². The topological polar surface area (TPSA) is 405 Å². The van der Waals surface area contributed by atoms with Crippen molar-refractivity contribution < 1.29 is 69.2 Å². The summed E-state index contributed by atoms with van der Waals surface area (Å²) in [7, 11) is 0. The van der Waals surface area contributed by atoms with Gasteiger partial charge in [-0.05, 0) is 65.9 Å². The van der Waals surface area contributed by atoms with Crippen LogP contribution in [0.5, 0.6) is 17.2 Å². The number of carbonyl (C=O) groups excluding carboxylic acids is 7. The van der Waals surface area contributed by atoms with Crippen LogP contribution in [0.1, 0.15) is 67.9 Å². The van der Waals surface area contributed by atoms with Gasteiger partial charge in [0.25, 0.3) is 0 Å². The Kier molecular flexibility index (Phi) is 22.0. The molecule has 6 amide bonds. The lowest BCUT2D eigenvalue weighted by Gasteiger charge is -2.27. The molecule has 0 radical (unpaired) electrons. The van der Waals surface area contributed by atoms with E-state index in [1.807, 2.05) is 0 Å². The molecule has 3 rings (SSSR count). The molecule has 6 atom stereocenters. The molecule has 0 aliphatic carbocycles. The van der Waals surface area contributed by atoms with Gasteiger partial charge in [-0.15, -0.1) is 0 Å². The van der Waals surface area contributed by atoms with Crippen LogP contribution >= 0.6 is 11.8 Å². The third-order valence-electron chi connectivity index (χ3n) is 10.2. The molecule has 68 heavy (non-hydrogen) atoms. The van der Waals surface area contributed by atoms with Crippen LogP contribution in [0.3, 0.4) is 0 Å². The first-order valence-electron chi connectivity index (χ1n) is 21.2. The summed E-state index contributed by atoms with van der Waals surface area (Å²) in [6.45, 7) is 1.60. The van der Waals surface area contributed by atoms with Crippen LogP contribution in [0.25, 0.3) is 0 Å². The highest BCUT2D eigenvalue weighted by molar-refractivity contribution is 8.13. The number of aliphatic hydroxyl groups is 3. The maximum Gasteiger partial charge on any atom is 0.338 e. The summed E-state index contributed by atoms with van der Waals surface area (Å²) in [5, 5.41) is 73.8. The minimum atomic E-state index is -1.73. The fraction of sp³-hybridized carbons (Fsp3) is 0.409. The van der Waals surface area contributed by atoms with Gasteiger partial charge in [-0.3, -0.25) is 50.0 Å². The molecule has 0 saturated carbocycles. The van der Waals surface area contributed by atoms with Crippen molar-refractivity contribution in [2.24, 2.45) is 22.6 Å². The molecule has 0 aliphatic heterocycles. The van der Waals surface area contributed by atoms with Crippen molar-refractivity contribution in [3.8, 4) is 17.2 Å². The van der Waals surface area contributed by atoms with Crippen LogP contribution in [-0.4, -0.2) is 134 Å². The number of phenols is 3. The summed E-state index contributed by atoms with van der Waals surface area (Å²) in [5.74, 6) is -5.45. The molecule has 0 aromatic heterocycles. The van der Waals surface area contributed by atoms with E-state index in [4.69, 9.17) is 17.2 Å². The number of guanidine groups is 1. The Morgan fingerprint density at radius 2 is 1.15 bits per heavy atom. The quantitative estimate of drug-likeness (QED) is 0.0206. The van der Waals surface area contributed by atoms with Gasteiger partial charge in [0.15, 0.2) is 0 Å². The Balaban J connectivity index is 1.75. The number of phenolic OH excluding ortho intramolecular Hbond substituents is 3. The van der Waals surface area contributed by atoms with E-state index in [1.54, 1.807) is 0 Å². The number of aromatic hydroxyl groups is 3. The molecule has 24 heteroatoms. The maximum absolute atomic E-state index is 14.1. The standard InChI is InChI=1S/C44H60N10O13S/c1-44(2,23-56)36(61)41(66)49-19-17-32(60)48-20-21-68-42(67)35(26-9-15-29(59)16-10-26)54-38(63)31(22-55)52-40(65)34(25-7-13-28(58)14-8-25)53-37(62)30(4-3-18-50-43(46)47)51-39(64)33(45)24-5-11-27(57)12-6-24/h5-16,30-31,33-36,55-59,61H,3-4,17-23,45H2,1-2H3,(H,48,60)(H,49,66)(H,51,64)(H,52,65)(H,53,62)(H,54,63)(H4,46,47,50)/p+1/t30-,31-,33-,34+,35-,36-/m0/s1. The van der Waals surface area contributed by atoms with E-state index in [9.17, 15) is 64.2 Å². The van der Waals surface area contributed by atoms with E-state index < -0.39 is 95.5 Å². The monoisotopic (exact) mass is 969 g/mol. The second-order valence-electron chi connectivity index (χ2n) is 16.1. The number of hydrogen-bond acceptors (Lipinski definition) is 15. The number of carbonyl (C=O) groups is 7. The van der Waals surface area contributed by atoms with E-state index in [1.165, 1.54) is 86.6 Å². The molecule has 0 heterocycles. The minimum Gasteiger partial charge on any atom is -0.508 e. The van der Waals surface area contributed by atoms with Crippen molar-refractivity contribution in [3.63, 3.8) is 0 Å². The SMILES string of the molecule is CC(C)(CO)[C@@H](O)C(=O)NCCC(=O)NCCSC(=O)[C@@H](NC(=O)[C@H](CO)NC(=O)[C@H](NC(=O)[C@H](CCC[NH+]=C(N)N)NC(=O)[C@@H](N)c1ccc(O)cc1)c1ccc(O)cc1)c1ccc(O)cc1. The third kappa shape index (κ3) is 17.7. The summed E-state index contributed by atoms with van der Waals surface area (Å²) >= 11 is 0.724. The molecule has 0 spiro atoms. The lowest BCUT2D eigenvalue weighted by Crippen LogP contribution is -2.78. The molecular weight excluding hydrogens is 909 g/mol. The van der Waals surface area contributed by atoms with E-state index in [0.29, 0.717) is 5.56 Å². The number of hydrogen-bond donors (Lipinski definition) is 16. The Bertz CT molecular complexity index is 2210. The lowest BCUT2D eigenvalue weighted by atomic mass is 9.87. The zero-order valence-corrected chi connectivity index (χ0v) is 38.3. The molecule has 0 fully saturated rings. The Morgan fingerprint density at radius 1 is 0.647 bits per heavy atom. The van der Waals surface area contributed by atoms with E-state index in [2.05, 4.69) is 36.9 Å². The Morgan fingerprint density at radius 3 is 1.68 bits per heavy atom. The summed E-state index contributed by atoms with van der Waals surface area (Å²) in [6, 6.07) is 8.52. The van der Waals surface area contributed by atoms with Crippen LogP contribution in [0.4, 0.5) is 0 Å². The van der Waals surface area contributed by atoms with Crippen molar-refractivity contribution in [1.29, 1.82) is 0 Å². The van der Waals surface area contributed by atoms with E-state index in [-0.39, 0.29) is 79.0 Å². The number of benzene rings is 3. The van der Waals surface area contributed by atoms with Gasteiger partial charge in [0, 0.05) is 30.7 Å². The average Bonchev–Trinajstić information content (AvgIpc) is 3.31. The first-order chi connectivity index (χ1) is 32.2. The largest absolute Gasteiger partial charge is 0.508 e. The molecule has 370 valence electrons. The molecule has 0 bridgehead atoms. The van der Waals surface area contributed by atoms with Crippen molar-refractivity contribution in [3.05, 3.63) is 89.5 Å². The average molecular weight is 970 g/mol. The zero-order valence-electron chi connectivity index (χ0n) is 37.4. The number of nitrogens with two attached hydrogens (primary N) is 3. The van der Waals surface area contributed by atoms with E-state index >= 15 is 0 Å². The maximum atomic E-state index is 14.1. The molecular formula is C44H61N10O13S+. The first kappa shape index (κ1) is 55.3. The molecule has 23 nitrogen and oxygen atoms in total. The second-order valence-corrected chi connectivity index (χ2v) is 17.2. The second kappa shape index (κ2) is 27.0.